The first-order valence-corrected chi connectivity index (χ1v) is 10.2. The van der Waals surface area contributed by atoms with E-state index in [2.05, 4.69) is 15.5 Å². The number of carbonyl (C=O) groups is 1. The Morgan fingerprint density at radius 1 is 1.07 bits per heavy atom. The molecular weight excluding hydrogens is 389 g/mol. The molecule has 138 valence electrons. The lowest BCUT2D eigenvalue weighted by Gasteiger charge is -2.00. The van der Waals surface area contributed by atoms with Crippen LogP contribution in [0.15, 0.2) is 65.0 Å². The fraction of sp³-hybridized carbons (Fsp3) is 0.0556. The fourth-order valence-corrected chi connectivity index (χ4v) is 4.45. The van der Waals surface area contributed by atoms with Crippen LogP contribution in [0.5, 0.6) is 0 Å². The predicted octanol–water partition coefficient (Wildman–Crippen LogP) is 3.30. The summed E-state index contributed by atoms with van der Waals surface area (Å²) in [6, 6.07) is 14.4. The largest absolute Gasteiger partial charge is 0.297 e. The lowest BCUT2D eigenvalue weighted by atomic mass is 10.2. The second kappa shape index (κ2) is 8.19. The highest BCUT2D eigenvalue weighted by Crippen LogP contribution is 2.23. The van der Waals surface area contributed by atoms with Crippen molar-refractivity contribution in [1.82, 2.24) is 10.2 Å². The summed E-state index contributed by atoms with van der Waals surface area (Å²) in [5.74, 6) is -1.22. The highest BCUT2D eigenvalue weighted by Gasteiger charge is 2.21. The molecule has 0 spiro atoms. The predicted molar refractivity (Wildman–Crippen MR) is 101 cm³/mol. The van der Waals surface area contributed by atoms with Gasteiger partial charge in [0.2, 0.25) is 25.2 Å². The van der Waals surface area contributed by atoms with E-state index in [0.29, 0.717) is 5.56 Å². The van der Waals surface area contributed by atoms with E-state index in [4.69, 9.17) is 0 Å². The third-order valence-corrected chi connectivity index (χ3v) is 6.37. The molecule has 1 amide bonds. The van der Waals surface area contributed by atoms with Crippen LogP contribution in [0.2, 0.25) is 0 Å². The van der Waals surface area contributed by atoms with Crippen molar-refractivity contribution in [3.8, 4) is 0 Å². The van der Waals surface area contributed by atoms with Crippen molar-refractivity contribution in [2.24, 2.45) is 0 Å². The number of hydrogen-bond donors (Lipinski definition) is 1. The van der Waals surface area contributed by atoms with Crippen LogP contribution < -0.4 is 5.32 Å². The van der Waals surface area contributed by atoms with Gasteiger partial charge in [-0.2, -0.15) is 0 Å². The van der Waals surface area contributed by atoms with Crippen LogP contribution in [0.3, 0.4) is 0 Å². The lowest BCUT2D eigenvalue weighted by Crippen LogP contribution is -2.07. The standard InChI is InChI=1S/C18H14FN3O3S2/c19-15-9-6-14(7-10-15)12-27(24,25)18-22-21-17(26-18)20-16(23)11-8-13-4-2-1-3-5-13/h1-11H,12H2,(H,20,21,23)/b11-8+. The monoisotopic (exact) mass is 403 g/mol. The summed E-state index contributed by atoms with van der Waals surface area (Å²) in [6.07, 6.45) is 2.95. The van der Waals surface area contributed by atoms with E-state index in [1.807, 2.05) is 30.3 Å². The zero-order valence-electron chi connectivity index (χ0n) is 13.9. The normalized spacial score (nSPS) is 11.6. The smallest absolute Gasteiger partial charge is 0.250 e. The van der Waals surface area contributed by atoms with Crippen LogP contribution in [-0.4, -0.2) is 24.5 Å². The maximum Gasteiger partial charge on any atom is 0.250 e. The molecule has 0 aliphatic heterocycles. The number of hydrogen-bond acceptors (Lipinski definition) is 6. The van der Waals surface area contributed by atoms with E-state index in [9.17, 15) is 17.6 Å². The minimum absolute atomic E-state index is 0.0791. The number of sulfone groups is 1. The van der Waals surface area contributed by atoms with Crippen molar-refractivity contribution < 1.29 is 17.6 Å². The summed E-state index contributed by atoms with van der Waals surface area (Å²) in [6.45, 7) is 0. The Morgan fingerprint density at radius 2 is 1.78 bits per heavy atom. The topological polar surface area (TPSA) is 89.0 Å². The molecule has 1 N–H and O–H groups in total. The SMILES string of the molecule is O=C(/C=C/c1ccccc1)Nc1nnc(S(=O)(=O)Cc2ccc(F)cc2)s1. The van der Waals surface area contributed by atoms with Gasteiger partial charge in [0.1, 0.15) is 5.82 Å². The zero-order valence-corrected chi connectivity index (χ0v) is 15.5. The van der Waals surface area contributed by atoms with Crippen molar-refractivity contribution in [2.45, 2.75) is 10.1 Å². The summed E-state index contributed by atoms with van der Waals surface area (Å²) in [5.41, 5.74) is 1.29. The molecule has 0 unspecified atom stereocenters. The number of halogens is 1. The molecule has 0 fully saturated rings. The molecule has 1 heterocycles. The van der Waals surface area contributed by atoms with Crippen LogP contribution in [0.4, 0.5) is 9.52 Å². The number of carbonyl (C=O) groups excluding carboxylic acids is 1. The third kappa shape index (κ3) is 5.28. The van der Waals surface area contributed by atoms with Crippen molar-refractivity contribution in [1.29, 1.82) is 0 Å². The Balaban J connectivity index is 1.65. The molecule has 1 aromatic heterocycles. The van der Waals surface area contributed by atoms with E-state index in [1.165, 1.54) is 30.3 Å². The Bertz CT molecular complexity index is 1060. The highest BCUT2D eigenvalue weighted by molar-refractivity contribution is 7.92. The lowest BCUT2D eigenvalue weighted by molar-refractivity contribution is -0.111. The number of nitrogens with one attached hydrogen (secondary N) is 1. The molecule has 0 radical (unpaired) electrons. The molecule has 0 aliphatic rings. The maximum absolute atomic E-state index is 12.9. The van der Waals surface area contributed by atoms with Crippen LogP contribution in [-0.2, 0) is 20.4 Å². The average Bonchev–Trinajstić information content (AvgIpc) is 3.12. The average molecular weight is 403 g/mol. The number of anilines is 1. The molecule has 0 saturated carbocycles. The van der Waals surface area contributed by atoms with Gasteiger partial charge in [-0.05, 0) is 29.3 Å². The van der Waals surface area contributed by atoms with Gasteiger partial charge in [0.15, 0.2) is 0 Å². The van der Waals surface area contributed by atoms with E-state index >= 15 is 0 Å². The number of aromatic nitrogens is 2. The molecule has 6 nitrogen and oxygen atoms in total. The Hall–Kier alpha value is -2.91. The second-order valence-electron chi connectivity index (χ2n) is 5.49. The number of benzene rings is 2. The van der Waals surface area contributed by atoms with Gasteiger partial charge in [-0.3, -0.25) is 10.1 Å². The Labute approximate surface area is 159 Å². The van der Waals surface area contributed by atoms with Crippen molar-refractivity contribution >= 4 is 38.3 Å². The summed E-state index contributed by atoms with van der Waals surface area (Å²) in [7, 11) is -3.74. The zero-order chi connectivity index (χ0) is 19.3. The minimum Gasteiger partial charge on any atom is -0.297 e. The number of amides is 1. The van der Waals surface area contributed by atoms with E-state index in [-0.39, 0.29) is 15.2 Å². The molecular formula is C18H14FN3O3S2. The van der Waals surface area contributed by atoms with Crippen LogP contribution in [0, 0.1) is 5.82 Å². The molecule has 27 heavy (non-hydrogen) atoms. The summed E-state index contributed by atoms with van der Waals surface area (Å²) < 4.78 is 37.5. The van der Waals surface area contributed by atoms with Crippen LogP contribution in [0.1, 0.15) is 11.1 Å². The first-order chi connectivity index (χ1) is 12.9. The molecule has 0 saturated heterocycles. The summed E-state index contributed by atoms with van der Waals surface area (Å²) in [5, 5.41) is 9.90. The van der Waals surface area contributed by atoms with Gasteiger partial charge in [0, 0.05) is 6.08 Å². The highest BCUT2D eigenvalue weighted by atomic mass is 32.2. The van der Waals surface area contributed by atoms with Crippen molar-refractivity contribution in [3.05, 3.63) is 77.6 Å². The second-order valence-corrected chi connectivity index (χ2v) is 8.63. The molecule has 3 aromatic rings. The first-order valence-electron chi connectivity index (χ1n) is 7.77. The van der Waals surface area contributed by atoms with Gasteiger partial charge in [-0.1, -0.05) is 53.8 Å². The Morgan fingerprint density at radius 3 is 2.48 bits per heavy atom. The van der Waals surface area contributed by atoms with Crippen molar-refractivity contribution in [3.63, 3.8) is 0 Å². The number of rotatable bonds is 6. The molecule has 2 aromatic carbocycles. The van der Waals surface area contributed by atoms with Crippen LogP contribution in [0.25, 0.3) is 6.08 Å². The van der Waals surface area contributed by atoms with E-state index < -0.39 is 21.6 Å². The maximum atomic E-state index is 12.9. The number of nitrogens with zero attached hydrogens (tertiary/aromatic N) is 2. The van der Waals surface area contributed by atoms with Gasteiger partial charge in [0.25, 0.3) is 0 Å². The molecule has 3 rings (SSSR count). The van der Waals surface area contributed by atoms with E-state index in [0.717, 1.165) is 16.9 Å². The van der Waals surface area contributed by atoms with Crippen LogP contribution >= 0.6 is 11.3 Å². The van der Waals surface area contributed by atoms with Gasteiger partial charge < -0.3 is 0 Å². The van der Waals surface area contributed by atoms with Gasteiger partial charge in [-0.25, -0.2) is 12.8 Å². The van der Waals surface area contributed by atoms with Crippen molar-refractivity contribution in [2.75, 3.05) is 5.32 Å². The Kier molecular flexibility index (Phi) is 5.72. The van der Waals surface area contributed by atoms with Gasteiger partial charge in [-0.15, -0.1) is 10.2 Å². The van der Waals surface area contributed by atoms with Gasteiger partial charge >= 0.3 is 0 Å². The molecule has 9 heteroatoms. The summed E-state index contributed by atoms with van der Waals surface area (Å²) in [4.78, 5) is 11.9. The molecule has 0 aliphatic carbocycles. The quantitative estimate of drug-likeness (QED) is 0.504. The van der Waals surface area contributed by atoms with Gasteiger partial charge in [0.05, 0.1) is 5.75 Å². The molecule has 0 bridgehead atoms. The minimum atomic E-state index is -3.74. The first kappa shape index (κ1) is 18.9. The molecule has 0 atom stereocenters. The fourth-order valence-electron chi connectivity index (χ4n) is 2.13. The summed E-state index contributed by atoms with van der Waals surface area (Å²) >= 11 is 0.762. The third-order valence-electron chi connectivity index (χ3n) is 3.40. The van der Waals surface area contributed by atoms with E-state index in [1.54, 1.807) is 6.08 Å².